The normalized spacial score (nSPS) is 25.1. The van der Waals surface area contributed by atoms with E-state index in [0.29, 0.717) is 17.5 Å². The van der Waals surface area contributed by atoms with E-state index in [0.717, 1.165) is 11.5 Å². The van der Waals surface area contributed by atoms with Gasteiger partial charge in [0.15, 0.2) is 0 Å². The van der Waals surface area contributed by atoms with Crippen LogP contribution in [-0.2, 0) is 0 Å². The quantitative estimate of drug-likeness (QED) is 0.860. The summed E-state index contributed by atoms with van der Waals surface area (Å²) in [6, 6.07) is 6.24. The molecule has 1 aliphatic carbocycles. The standard InChI is InChI=1S/C15H23NO2/c1-10-5-4-6-14(10)16-11(2)13-8-7-12(18-3)9-15(13)17/h7-11,14,16-17H,4-6H2,1-3H3. The molecular formula is C15H23NO2. The Morgan fingerprint density at radius 1 is 1.39 bits per heavy atom. The molecule has 0 bridgehead atoms. The number of methoxy groups -OCH3 is 1. The monoisotopic (exact) mass is 249 g/mol. The van der Waals surface area contributed by atoms with Crippen molar-refractivity contribution in [1.82, 2.24) is 5.32 Å². The van der Waals surface area contributed by atoms with Crippen molar-refractivity contribution in [2.24, 2.45) is 5.92 Å². The average Bonchev–Trinajstić information content (AvgIpc) is 2.74. The minimum Gasteiger partial charge on any atom is -0.507 e. The third-order valence-corrected chi connectivity index (χ3v) is 4.03. The zero-order valence-electron chi connectivity index (χ0n) is 11.4. The lowest BCUT2D eigenvalue weighted by molar-refractivity contribution is 0.375. The molecule has 3 atom stereocenters. The van der Waals surface area contributed by atoms with Crippen LogP contribution in [0.15, 0.2) is 18.2 Å². The predicted molar refractivity (Wildman–Crippen MR) is 73.0 cm³/mol. The van der Waals surface area contributed by atoms with Crippen molar-refractivity contribution in [3.63, 3.8) is 0 Å². The fraction of sp³-hybridized carbons (Fsp3) is 0.600. The Morgan fingerprint density at radius 2 is 2.17 bits per heavy atom. The number of aromatic hydroxyl groups is 1. The lowest BCUT2D eigenvalue weighted by Crippen LogP contribution is -2.33. The molecule has 3 nitrogen and oxygen atoms in total. The molecular weight excluding hydrogens is 226 g/mol. The van der Waals surface area contributed by atoms with Crippen LogP contribution < -0.4 is 10.1 Å². The van der Waals surface area contributed by atoms with Crippen LogP contribution in [0, 0.1) is 5.92 Å². The summed E-state index contributed by atoms with van der Waals surface area (Å²) in [4.78, 5) is 0. The van der Waals surface area contributed by atoms with Gasteiger partial charge >= 0.3 is 0 Å². The highest BCUT2D eigenvalue weighted by atomic mass is 16.5. The van der Waals surface area contributed by atoms with Gasteiger partial charge in [0.05, 0.1) is 7.11 Å². The molecule has 1 aliphatic rings. The molecule has 1 aromatic rings. The molecule has 3 heteroatoms. The average molecular weight is 249 g/mol. The fourth-order valence-corrected chi connectivity index (χ4v) is 2.82. The lowest BCUT2D eigenvalue weighted by Gasteiger charge is -2.23. The first-order valence-corrected chi connectivity index (χ1v) is 6.74. The van der Waals surface area contributed by atoms with Crippen molar-refractivity contribution in [2.75, 3.05) is 7.11 Å². The van der Waals surface area contributed by atoms with Crippen LogP contribution in [-0.4, -0.2) is 18.3 Å². The minimum absolute atomic E-state index is 0.168. The van der Waals surface area contributed by atoms with Gasteiger partial charge in [-0.05, 0) is 31.7 Å². The number of phenolic OH excluding ortho intramolecular Hbond substituents is 1. The van der Waals surface area contributed by atoms with Crippen molar-refractivity contribution >= 4 is 0 Å². The summed E-state index contributed by atoms with van der Waals surface area (Å²) in [6.07, 6.45) is 3.85. The molecule has 0 spiro atoms. The molecule has 0 aromatic heterocycles. The molecule has 0 aliphatic heterocycles. The van der Waals surface area contributed by atoms with Gasteiger partial charge in [0.1, 0.15) is 11.5 Å². The van der Waals surface area contributed by atoms with Gasteiger partial charge < -0.3 is 15.2 Å². The number of ether oxygens (including phenoxy) is 1. The molecule has 0 radical (unpaired) electrons. The number of hydrogen-bond acceptors (Lipinski definition) is 3. The third-order valence-electron chi connectivity index (χ3n) is 4.03. The van der Waals surface area contributed by atoms with E-state index in [1.54, 1.807) is 13.2 Å². The predicted octanol–water partition coefficient (Wildman–Crippen LogP) is 3.24. The highest BCUT2D eigenvalue weighted by Crippen LogP contribution is 2.31. The van der Waals surface area contributed by atoms with Crippen LogP contribution in [0.3, 0.4) is 0 Å². The highest BCUT2D eigenvalue weighted by Gasteiger charge is 2.25. The highest BCUT2D eigenvalue weighted by molar-refractivity contribution is 5.41. The molecule has 0 saturated heterocycles. The molecule has 1 aromatic carbocycles. The van der Waals surface area contributed by atoms with Crippen molar-refractivity contribution in [1.29, 1.82) is 0 Å². The van der Waals surface area contributed by atoms with Gasteiger partial charge in [0.25, 0.3) is 0 Å². The first-order valence-electron chi connectivity index (χ1n) is 6.74. The van der Waals surface area contributed by atoms with E-state index in [2.05, 4.69) is 19.2 Å². The van der Waals surface area contributed by atoms with E-state index < -0.39 is 0 Å². The second-order valence-electron chi connectivity index (χ2n) is 5.33. The minimum atomic E-state index is 0.168. The first kappa shape index (κ1) is 13.2. The van der Waals surface area contributed by atoms with Gasteiger partial charge in [-0.1, -0.05) is 19.4 Å². The maximum absolute atomic E-state index is 10.0. The van der Waals surface area contributed by atoms with E-state index in [9.17, 15) is 5.11 Å². The Hall–Kier alpha value is -1.22. The molecule has 2 N–H and O–H groups in total. The van der Waals surface area contributed by atoms with Crippen molar-refractivity contribution in [3.8, 4) is 11.5 Å². The van der Waals surface area contributed by atoms with Crippen molar-refractivity contribution in [2.45, 2.75) is 45.2 Å². The Labute approximate surface area is 109 Å². The van der Waals surface area contributed by atoms with Crippen LogP contribution in [0.5, 0.6) is 11.5 Å². The fourth-order valence-electron chi connectivity index (χ4n) is 2.82. The summed E-state index contributed by atoms with van der Waals surface area (Å²) in [5.41, 5.74) is 0.940. The van der Waals surface area contributed by atoms with E-state index in [1.165, 1.54) is 19.3 Å². The molecule has 1 saturated carbocycles. The second kappa shape index (κ2) is 5.61. The summed E-state index contributed by atoms with van der Waals surface area (Å²) < 4.78 is 5.10. The van der Waals surface area contributed by atoms with E-state index in [4.69, 9.17) is 4.74 Å². The maximum atomic E-state index is 10.0. The first-order chi connectivity index (χ1) is 8.61. The zero-order valence-corrected chi connectivity index (χ0v) is 11.4. The molecule has 2 rings (SSSR count). The van der Waals surface area contributed by atoms with Crippen LogP contribution in [0.2, 0.25) is 0 Å². The topological polar surface area (TPSA) is 41.5 Å². The smallest absolute Gasteiger partial charge is 0.124 e. The largest absolute Gasteiger partial charge is 0.507 e. The van der Waals surface area contributed by atoms with Gasteiger partial charge in [-0.2, -0.15) is 0 Å². The third kappa shape index (κ3) is 2.78. The summed E-state index contributed by atoms with van der Waals surface area (Å²) in [6.45, 7) is 4.40. The van der Waals surface area contributed by atoms with Gasteiger partial charge in [0, 0.05) is 23.7 Å². The molecule has 3 unspecified atom stereocenters. The summed E-state index contributed by atoms with van der Waals surface area (Å²) in [7, 11) is 1.61. The Bertz CT molecular complexity index is 405. The lowest BCUT2D eigenvalue weighted by atomic mass is 10.0. The Kier molecular flexibility index (Phi) is 4.12. The molecule has 0 heterocycles. The molecule has 0 amide bonds. The number of benzene rings is 1. The molecule has 18 heavy (non-hydrogen) atoms. The Morgan fingerprint density at radius 3 is 2.72 bits per heavy atom. The van der Waals surface area contributed by atoms with Crippen LogP contribution in [0.25, 0.3) is 0 Å². The Balaban J connectivity index is 2.06. The SMILES string of the molecule is COc1ccc(C(C)NC2CCCC2C)c(O)c1. The van der Waals surface area contributed by atoms with Crippen LogP contribution >= 0.6 is 0 Å². The van der Waals surface area contributed by atoms with E-state index in [1.807, 2.05) is 12.1 Å². The van der Waals surface area contributed by atoms with Crippen LogP contribution in [0.4, 0.5) is 0 Å². The van der Waals surface area contributed by atoms with Gasteiger partial charge in [-0.25, -0.2) is 0 Å². The number of nitrogens with one attached hydrogen (secondary N) is 1. The summed E-state index contributed by atoms with van der Waals surface area (Å²) in [5.74, 6) is 1.73. The molecule has 100 valence electrons. The maximum Gasteiger partial charge on any atom is 0.124 e. The second-order valence-corrected chi connectivity index (χ2v) is 5.33. The summed E-state index contributed by atoms with van der Waals surface area (Å²) >= 11 is 0. The number of hydrogen-bond donors (Lipinski definition) is 2. The zero-order chi connectivity index (χ0) is 13.1. The number of rotatable bonds is 4. The molecule has 1 fully saturated rings. The van der Waals surface area contributed by atoms with Crippen molar-refractivity contribution in [3.05, 3.63) is 23.8 Å². The summed E-state index contributed by atoms with van der Waals surface area (Å²) in [5, 5.41) is 13.6. The van der Waals surface area contributed by atoms with Gasteiger partial charge in [-0.15, -0.1) is 0 Å². The van der Waals surface area contributed by atoms with Crippen LogP contribution in [0.1, 0.15) is 44.7 Å². The van der Waals surface area contributed by atoms with Gasteiger partial charge in [-0.3, -0.25) is 0 Å². The van der Waals surface area contributed by atoms with Crippen molar-refractivity contribution < 1.29 is 9.84 Å². The number of phenols is 1. The van der Waals surface area contributed by atoms with Gasteiger partial charge in [0.2, 0.25) is 0 Å². The van der Waals surface area contributed by atoms with E-state index in [-0.39, 0.29) is 6.04 Å². The van der Waals surface area contributed by atoms with E-state index >= 15 is 0 Å².